The van der Waals surface area contributed by atoms with Crippen molar-refractivity contribution in [3.8, 4) is 11.3 Å². The summed E-state index contributed by atoms with van der Waals surface area (Å²) in [4.78, 5) is 26.2. The molecule has 12 nitrogen and oxygen atoms in total. The fourth-order valence-corrected chi connectivity index (χ4v) is 5.02. The van der Waals surface area contributed by atoms with Crippen LogP contribution in [-0.2, 0) is 22.5 Å². The molecule has 5 rings (SSSR count). The molecule has 1 aliphatic heterocycles. The van der Waals surface area contributed by atoms with Gasteiger partial charge >= 0.3 is 6.03 Å². The van der Waals surface area contributed by atoms with Gasteiger partial charge in [-0.15, -0.1) is 0 Å². The van der Waals surface area contributed by atoms with Crippen molar-refractivity contribution in [2.24, 2.45) is 0 Å². The van der Waals surface area contributed by atoms with Crippen molar-refractivity contribution in [2.75, 3.05) is 11.9 Å². The minimum Gasteiger partial charge on any atom is -0.394 e. The number of rotatable bonds is 11. The van der Waals surface area contributed by atoms with Crippen LogP contribution in [0.25, 0.3) is 22.4 Å². The van der Waals surface area contributed by atoms with E-state index in [1.54, 1.807) is 18.3 Å². The van der Waals surface area contributed by atoms with Crippen LogP contribution in [0.2, 0.25) is 0 Å². The molecule has 0 aliphatic carbocycles. The molecule has 0 spiro atoms. The van der Waals surface area contributed by atoms with Crippen LogP contribution in [0.4, 0.5) is 10.6 Å². The second-order valence-electron chi connectivity index (χ2n) is 10.9. The summed E-state index contributed by atoms with van der Waals surface area (Å²) in [5.74, 6) is 0.347. The summed E-state index contributed by atoms with van der Waals surface area (Å²) in [6.45, 7) is 1.45. The molecule has 2 aromatic heterocycles. The molecule has 0 bridgehead atoms. The number of carbonyl (C=O) groups excluding carboxylic acids is 1. The van der Waals surface area contributed by atoms with Crippen LogP contribution in [0.15, 0.2) is 72.9 Å². The molecule has 6 N–H and O–H groups in total. The molecule has 4 aromatic rings. The standard InChI is InChI=1S/C32H37N5O7/c1-19(7-5-10-20-8-3-2-4-9-20)34-32(42)37-26-14-13-23-30(36-26)35-24(16-33-23)22-12-6-11-21(15-22)18-43-31-29(41)28(40)27(39)25(17-38)44-31/h2-4,6,8-9,11-16,19,25,27-29,31,38-41H,5,7,10,17-18H2,1H3,(H2,34,35,36,37,42)/t19-,25-,27-,28-,29+,31-/m1/s1. The number of anilines is 1. The normalized spacial score (nSPS) is 22.4. The van der Waals surface area contributed by atoms with Gasteiger partial charge < -0.3 is 35.2 Å². The third kappa shape index (κ3) is 7.91. The molecule has 2 aromatic carbocycles. The topological polar surface area (TPSA) is 179 Å². The number of hydrogen-bond acceptors (Lipinski definition) is 10. The molecule has 1 aliphatic rings. The maximum Gasteiger partial charge on any atom is 0.320 e. The van der Waals surface area contributed by atoms with Gasteiger partial charge in [0, 0.05) is 11.6 Å². The lowest BCUT2D eigenvalue weighted by atomic mass is 9.99. The van der Waals surface area contributed by atoms with Gasteiger partial charge in [0.2, 0.25) is 0 Å². The smallest absolute Gasteiger partial charge is 0.320 e. The SMILES string of the molecule is C[C@H](CCCc1ccccc1)NC(=O)Nc1ccc2ncc(-c3cccc(CO[C@@H]4O[C@H](CO)[C@@H](O)[C@@H](O)[C@@H]4O)c3)nc2n1. The van der Waals surface area contributed by atoms with Gasteiger partial charge in [-0.1, -0.05) is 48.5 Å². The molecule has 1 saturated heterocycles. The van der Waals surface area contributed by atoms with Crippen LogP contribution in [0, 0.1) is 0 Å². The van der Waals surface area contributed by atoms with Crippen molar-refractivity contribution in [2.45, 2.75) is 69.5 Å². The molecular weight excluding hydrogens is 566 g/mol. The van der Waals surface area contributed by atoms with Gasteiger partial charge in [-0.2, -0.15) is 0 Å². The maximum atomic E-state index is 12.6. The Labute approximate surface area is 254 Å². The first-order chi connectivity index (χ1) is 21.3. The monoisotopic (exact) mass is 603 g/mol. The van der Waals surface area contributed by atoms with Gasteiger partial charge in [-0.3, -0.25) is 10.3 Å². The van der Waals surface area contributed by atoms with Gasteiger partial charge in [-0.25, -0.2) is 14.8 Å². The van der Waals surface area contributed by atoms with Gasteiger partial charge in [-0.05, 0) is 55.5 Å². The van der Waals surface area contributed by atoms with E-state index in [2.05, 4.69) is 37.7 Å². The fourth-order valence-electron chi connectivity index (χ4n) is 5.02. The summed E-state index contributed by atoms with van der Waals surface area (Å²) in [5.41, 5.74) is 4.21. The predicted molar refractivity (Wildman–Crippen MR) is 162 cm³/mol. The molecule has 0 saturated carbocycles. The lowest BCUT2D eigenvalue weighted by molar-refractivity contribution is -0.304. The van der Waals surface area contributed by atoms with Crippen molar-refractivity contribution < 1.29 is 34.7 Å². The number of benzene rings is 2. The Morgan fingerprint density at radius 1 is 0.977 bits per heavy atom. The predicted octanol–water partition coefficient (Wildman–Crippen LogP) is 2.54. The van der Waals surface area contributed by atoms with E-state index in [1.165, 1.54) is 5.56 Å². The molecule has 3 heterocycles. The molecular formula is C32H37N5O7. The first-order valence-electron chi connectivity index (χ1n) is 14.6. The van der Waals surface area contributed by atoms with E-state index in [0.717, 1.165) is 30.4 Å². The first-order valence-corrected chi connectivity index (χ1v) is 14.6. The molecule has 0 unspecified atom stereocenters. The number of aryl methyl sites for hydroxylation is 1. The molecule has 232 valence electrons. The largest absolute Gasteiger partial charge is 0.394 e. The molecule has 0 radical (unpaired) electrons. The van der Waals surface area contributed by atoms with Crippen molar-refractivity contribution in [1.82, 2.24) is 20.3 Å². The summed E-state index contributed by atoms with van der Waals surface area (Å²) >= 11 is 0. The number of urea groups is 1. The third-order valence-electron chi connectivity index (χ3n) is 7.46. The quantitative estimate of drug-likeness (QED) is 0.149. The highest BCUT2D eigenvalue weighted by atomic mass is 16.7. The number of aromatic nitrogens is 3. The lowest BCUT2D eigenvalue weighted by Gasteiger charge is -2.39. The number of hydrogen-bond donors (Lipinski definition) is 6. The Kier molecular flexibility index (Phi) is 10.4. The van der Waals surface area contributed by atoms with Crippen molar-refractivity contribution in [1.29, 1.82) is 0 Å². The highest BCUT2D eigenvalue weighted by molar-refractivity contribution is 5.89. The van der Waals surface area contributed by atoms with Gasteiger partial charge in [0.25, 0.3) is 0 Å². The average molecular weight is 604 g/mol. The molecule has 12 heteroatoms. The second kappa shape index (κ2) is 14.6. The highest BCUT2D eigenvalue weighted by Crippen LogP contribution is 2.25. The van der Waals surface area contributed by atoms with Crippen molar-refractivity contribution in [3.05, 3.63) is 84.1 Å². The van der Waals surface area contributed by atoms with E-state index < -0.39 is 37.3 Å². The van der Waals surface area contributed by atoms with Crippen molar-refractivity contribution >= 4 is 23.0 Å². The van der Waals surface area contributed by atoms with Crippen LogP contribution in [-0.4, -0.2) is 84.8 Å². The number of amides is 2. The Balaban J connectivity index is 1.18. The number of aliphatic hydroxyl groups excluding tert-OH is 4. The van der Waals surface area contributed by atoms with E-state index >= 15 is 0 Å². The van der Waals surface area contributed by atoms with E-state index in [1.807, 2.05) is 49.4 Å². The zero-order valence-electron chi connectivity index (χ0n) is 24.3. The van der Waals surface area contributed by atoms with E-state index in [-0.39, 0.29) is 18.7 Å². The van der Waals surface area contributed by atoms with Gasteiger partial charge in [0.05, 0.1) is 25.1 Å². The van der Waals surface area contributed by atoms with E-state index in [9.17, 15) is 25.2 Å². The van der Waals surface area contributed by atoms with Crippen molar-refractivity contribution in [3.63, 3.8) is 0 Å². The van der Waals surface area contributed by atoms with Crippen LogP contribution >= 0.6 is 0 Å². The maximum absolute atomic E-state index is 12.6. The summed E-state index contributed by atoms with van der Waals surface area (Å²) in [5, 5.41) is 45.3. The number of nitrogens with zero attached hydrogens (tertiary/aromatic N) is 3. The summed E-state index contributed by atoms with van der Waals surface area (Å²) in [6.07, 6.45) is -2.37. The first kappa shape index (κ1) is 31.4. The number of carbonyl (C=O) groups is 1. The molecule has 44 heavy (non-hydrogen) atoms. The van der Waals surface area contributed by atoms with E-state index in [0.29, 0.717) is 22.7 Å². The molecule has 2 amide bonds. The zero-order chi connectivity index (χ0) is 31.1. The number of nitrogens with one attached hydrogen (secondary N) is 2. The Morgan fingerprint density at radius 3 is 2.57 bits per heavy atom. The summed E-state index contributed by atoms with van der Waals surface area (Å²) < 4.78 is 11.1. The number of fused-ring (bicyclic) bond motifs is 1. The summed E-state index contributed by atoms with van der Waals surface area (Å²) in [7, 11) is 0. The van der Waals surface area contributed by atoms with Gasteiger partial charge in [0.1, 0.15) is 35.8 Å². The lowest BCUT2D eigenvalue weighted by Crippen LogP contribution is -2.59. The van der Waals surface area contributed by atoms with Gasteiger partial charge in [0.15, 0.2) is 11.9 Å². The van der Waals surface area contributed by atoms with Crippen LogP contribution in [0.3, 0.4) is 0 Å². The Bertz CT molecular complexity index is 1540. The third-order valence-corrected chi connectivity index (χ3v) is 7.46. The molecule has 1 fully saturated rings. The van der Waals surface area contributed by atoms with Crippen LogP contribution in [0.5, 0.6) is 0 Å². The zero-order valence-corrected chi connectivity index (χ0v) is 24.3. The highest BCUT2D eigenvalue weighted by Gasteiger charge is 2.44. The average Bonchev–Trinajstić information content (AvgIpc) is 3.03. The number of ether oxygens (including phenoxy) is 2. The Morgan fingerprint density at radius 2 is 1.77 bits per heavy atom. The van der Waals surface area contributed by atoms with Crippen LogP contribution in [0.1, 0.15) is 30.9 Å². The second-order valence-corrected chi connectivity index (χ2v) is 10.9. The fraction of sp³-hybridized carbons (Fsp3) is 0.375. The minimum absolute atomic E-state index is 0.0115. The molecule has 6 atom stereocenters. The van der Waals surface area contributed by atoms with E-state index in [4.69, 9.17) is 9.47 Å². The minimum atomic E-state index is -1.52. The Hall–Kier alpha value is -4.04. The van der Waals surface area contributed by atoms with Crippen LogP contribution < -0.4 is 10.6 Å². The summed E-state index contributed by atoms with van der Waals surface area (Å²) in [6, 6.07) is 20.6. The number of aliphatic hydroxyl groups is 4. The number of pyridine rings is 1.